The number of rotatable bonds is 0. The number of nitrogens with one attached hydrogen (secondary N) is 1. The summed E-state index contributed by atoms with van der Waals surface area (Å²) in [6.07, 6.45) is 1.82. The van der Waals surface area contributed by atoms with Crippen molar-refractivity contribution in [3.63, 3.8) is 0 Å². The zero-order valence-corrected chi connectivity index (χ0v) is 9.74. The van der Waals surface area contributed by atoms with Crippen LogP contribution in [0.5, 0.6) is 0 Å². The molecule has 1 N–H and O–H groups in total. The summed E-state index contributed by atoms with van der Waals surface area (Å²) in [4.78, 5) is 10.8. The average molecular weight is 232 g/mol. The quantitative estimate of drug-likeness (QED) is 0.556. The Kier molecular flexibility index (Phi) is 3.72. The van der Waals surface area contributed by atoms with E-state index in [-0.39, 0.29) is 5.28 Å². The molecule has 2 heterocycles. The lowest BCUT2D eigenvalue weighted by molar-refractivity contribution is 1.21. The van der Waals surface area contributed by atoms with Crippen LogP contribution >= 0.6 is 23.2 Å². The van der Waals surface area contributed by atoms with Crippen LogP contribution < -0.4 is 0 Å². The van der Waals surface area contributed by atoms with Crippen LogP contribution in [0.3, 0.4) is 0 Å². The third-order valence-electron chi connectivity index (χ3n) is 1.64. The fourth-order valence-electron chi connectivity index (χ4n) is 1.07. The lowest BCUT2D eigenvalue weighted by Crippen LogP contribution is -1.84. The van der Waals surface area contributed by atoms with Gasteiger partial charge in [-0.05, 0) is 24.1 Å². The van der Waals surface area contributed by atoms with Gasteiger partial charge < -0.3 is 4.98 Å². The fraction of sp³-hybridized carbons (Fsp3) is 0.333. The number of H-pyrrole nitrogens is 1. The van der Waals surface area contributed by atoms with Crippen LogP contribution in [0, 0.1) is 6.92 Å². The molecule has 2 aromatic rings. The highest BCUT2D eigenvalue weighted by atomic mass is 35.5. The van der Waals surface area contributed by atoms with Crippen molar-refractivity contribution in [2.45, 2.75) is 20.8 Å². The molecule has 0 aliphatic heterocycles. The van der Waals surface area contributed by atoms with E-state index in [9.17, 15) is 0 Å². The van der Waals surface area contributed by atoms with Crippen molar-refractivity contribution in [2.75, 3.05) is 0 Å². The molecule has 0 amide bonds. The SMILES string of the molecule is CC.Cc1c[nH]c2c(Cl)nc(Cl)nc12. The summed E-state index contributed by atoms with van der Waals surface area (Å²) in [5.74, 6) is 0. The van der Waals surface area contributed by atoms with E-state index in [0.717, 1.165) is 16.6 Å². The van der Waals surface area contributed by atoms with Gasteiger partial charge in [0.1, 0.15) is 5.52 Å². The van der Waals surface area contributed by atoms with Crippen molar-refractivity contribution in [2.24, 2.45) is 0 Å². The number of fused-ring (bicyclic) bond motifs is 1. The van der Waals surface area contributed by atoms with E-state index < -0.39 is 0 Å². The van der Waals surface area contributed by atoms with E-state index in [4.69, 9.17) is 23.2 Å². The molecule has 0 aromatic carbocycles. The van der Waals surface area contributed by atoms with Crippen molar-refractivity contribution in [1.82, 2.24) is 15.0 Å². The Bertz CT molecular complexity index is 437. The summed E-state index contributed by atoms with van der Waals surface area (Å²) in [5, 5.41) is 0.535. The van der Waals surface area contributed by atoms with Crippen LogP contribution in [0.25, 0.3) is 11.0 Å². The van der Waals surface area contributed by atoms with Gasteiger partial charge >= 0.3 is 0 Å². The predicted molar refractivity (Wildman–Crippen MR) is 60.0 cm³/mol. The highest BCUT2D eigenvalue weighted by Gasteiger charge is 2.07. The lowest BCUT2D eigenvalue weighted by Gasteiger charge is -1.93. The molecule has 14 heavy (non-hydrogen) atoms. The minimum Gasteiger partial charge on any atom is -0.357 e. The van der Waals surface area contributed by atoms with Gasteiger partial charge in [0.25, 0.3) is 0 Å². The number of hydrogen-bond donors (Lipinski definition) is 1. The maximum atomic E-state index is 5.81. The first-order valence-electron chi connectivity index (χ1n) is 4.35. The Balaban J connectivity index is 0.000000461. The van der Waals surface area contributed by atoms with Crippen molar-refractivity contribution >= 4 is 34.2 Å². The number of aromatic amines is 1. The third-order valence-corrected chi connectivity index (χ3v) is 2.09. The van der Waals surface area contributed by atoms with E-state index >= 15 is 0 Å². The van der Waals surface area contributed by atoms with E-state index in [2.05, 4.69) is 15.0 Å². The molecule has 0 fully saturated rings. The van der Waals surface area contributed by atoms with Crippen LogP contribution in [0.4, 0.5) is 0 Å². The first kappa shape index (κ1) is 11.3. The van der Waals surface area contributed by atoms with Gasteiger partial charge in [0.15, 0.2) is 5.15 Å². The minimum absolute atomic E-state index is 0.176. The Hall–Kier alpha value is -0.800. The largest absolute Gasteiger partial charge is 0.357 e. The Morgan fingerprint density at radius 3 is 2.50 bits per heavy atom. The molecule has 0 unspecified atom stereocenters. The second kappa shape index (κ2) is 4.62. The summed E-state index contributed by atoms with van der Waals surface area (Å²) in [5.41, 5.74) is 2.52. The molecular formula is C9H11Cl2N3. The summed E-state index contributed by atoms with van der Waals surface area (Å²) in [6.45, 7) is 5.93. The van der Waals surface area contributed by atoms with Gasteiger partial charge in [-0.25, -0.2) is 9.97 Å². The highest BCUT2D eigenvalue weighted by Crippen LogP contribution is 2.22. The van der Waals surface area contributed by atoms with Crippen molar-refractivity contribution in [3.8, 4) is 0 Å². The summed E-state index contributed by atoms with van der Waals surface area (Å²) >= 11 is 11.4. The van der Waals surface area contributed by atoms with Crippen LogP contribution in [-0.4, -0.2) is 15.0 Å². The van der Waals surface area contributed by atoms with Crippen LogP contribution in [0.1, 0.15) is 19.4 Å². The number of aromatic nitrogens is 3. The smallest absolute Gasteiger partial charge is 0.224 e. The minimum atomic E-state index is 0.176. The molecule has 0 bridgehead atoms. The number of aryl methyl sites for hydroxylation is 1. The summed E-state index contributed by atoms with van der Waals surface area (Å²) in [7, 11) is 0. The second-order valence-electron chi connectivity index (χ2n) is 2.48. The molecule has 2 aromatic heterocycles. The molecule has 3 nitrogen and oxygen atoms in total. The summed E-state index contributed by atoms with van der Waals surface area (Å²) < 4.78 is 0. The molecule has 0 atom stereocenters. The molecule has 0 radical (unpaired) electrons. The van der Waals surface area contributed by atoms with E-state index in [1.807, 2.05) is 27.0 Å². The highest BCUT2D eigenvalue weighted by molar-refractivity contribution is 6.35. The molecule has 5 heteroatoms. The van der Waals surface area contributed by atoms with Gasteiger partial charge in [0.2, 0.25) is 5.28 Å². The maximum absolute atomic E-state index is 5.81. The Morgan fingerprint density at radius 1 is 1.21 bits per heavy atom. The van der Waals surface area contributed by atoms with Crippen molar-refractivity contribution in [1.29, 1.82) is 0 Å². The molecule has 0 saturated heterocycles. The third kappa shape index (κ3) is 1.99. The Labute approximate surface area is 92.5 Å². The van der Waals surface area contributed by atoms with Crippen molar-refractivity contribution in [3.05, 3.63) is 22.2 Å². The Morgan fingerprint density at radius 2 is 1.86 bits per heavy atom. The zero-order valence-electron chi connectivity index (χ0n) is 8.23. The second-order valence-corrected chi connectivity index (χ2v) is 3.17. The number of halogens is 2. The van der Waals surface area contributed by atoms with Crippen LogP contribution in [0.2, 0.25) is 10.4 Å². The molecular weight excluding hydrogens is 221 g/mol. The van der Waals surface area contributed by atoms with Crippen LogP contribution in [-0.2, 0) is 0 Å². The average Bonchev–Trinajstić information content (AvgIpc) is 2.52. The van der Waals surface area contributed by atoms with Crippen LogP contribution in [0.15, 0.2) is 6.20 Å². The van der Waals surface area contributed by atoms with Gasteiger partial charge in [0, 0.05) is 6.20 Å². The van der Waals surface area contributed by atoms with Gasteiger partial charge in [-0.2, -0.15) is 0 Å². The number of hydrogen-bond acceptors (Lipinski definition) is 2. The normalized spacial score (nSPS) is 9.79. The van der Waals surface area contributed by atoms with Gasteiger partial charge in [-0.15, -0.1) is 0 Å². The van der Waals surface area contributed by atoms with Gasteiger partial charge in [-0.3, -0.25) is 0 Å². The zero-order chi connectivity index (χ0) is 10.7. The standard InChI is InChI=1S/C7H5Cl2N3.C2H6/c1-3-2-10-5-4(3)11-7(9)12-6(5)8;1-2/h2,10H,1H3;1-2H3. The number of nitrogens with zero attached hydrogens (tertiary/aromatic N) is 2. The first-order chi connectivity index (χ1) is 6.68. The van der Waals surface area contributed by atoms with E-state index in [1.54, 1.807) is 0 Å². The molecule has 0 aliphatic carbocycles. The molecule has 76 valence electrons. The molecule has 0 saturated carbocycles. The van der Waals surface area contributed by atoms with E-state index in [1.165, 1.54) is 0 Å². The predicted octanol–water partition coefficient (Wildman–Crippen LogP) is 3.60. The van der Waals surface area contributed by atoms with Gasteiger partial charge in [-0.1, -0.05) is 25.4 Å². The lowest BCUT2D eigenvalue weighted by atomic mass is 10.3. The molecule has 0 aliphatic rings. The monoisotopic (exact) mass is 231 g/mol. The molecule has 2 rings (SSSR count). The topological polar surface area (TPSA) is 41.6 Å². The fourth-order valence-corrected chi connectivity index (χ4v) is 1.51. The maximum Gasteiger partial charge on any atom is 0.224 e. The summed E-state index contributed by atoms with van der Waals surface area (Å²) in [6, 6.07) is 0. The van der Waals surface area contributed by atoms with Crippen molar-refractivity contribution < 1.29 is 0 Å². The first-order valence-corrected chi connectivity index (χ1v) is 5.11. The van der Waals surface area contributed by atoms with E-state index in [0.29, 0.717) is 5.15 Å². The molecule has 0 spiro atoms. The van der Waals surface area contributed by atoms with Gasteiger partial charge in [0.05, 0.1) is 5.52 Å².